The summed E-state index contributed by atoms with van der Waals surface area (Å²) in [6.45, 7) is 5.45. The number of halogens is 2. The Kier molecular flexibility index (Phi) is 7.17. The fraction of sp³-hybridized carbons (Fsp3) is 0.227. The molecule has 162 valence electrons. The Morgan fingerprint density at radius 3 is 2.39 bits per heavy atom. The van der Waals surface area contributed by atoms with Crippen molar-refractivity contribution in [1.82, 2.24) is 4.98 Å². The molecule has 9 heteroatoms. The molecule has 0 saturated carbocycles. The van der Waals surface area contributed by atoms with Gasteiger partial charge in [0.05, 0.1) is 15.6 Å². The van der Waals surface area contributed by atoms with Crippen LogP contribution in [0, 0.1) is 5.92 Å². The van der Waals surface area contributed by atoms with Crippen LogP contribution >= 0.6 is 31.9 Å². The molecule has 0 fully saturated rings. The van der Waals surface area contributed by atoms with Crippen LogP contribution in [0.15, 0.2) is 45.5 Å². The van der Waals surface area contributed by atoms with Crippen molar-refractivity contribution in [2.75, 3.05) is 11.9 Å². The number of rotatable bonds is 6. The number of fused-ring (bicyclic) bond motifs is 1. The van der Waals surface area contributed by atoms with E-state index in [2.05, 4.69) is 46.9 Å². The summed E-state index contributed by atoms with van der Waals surface area (Å²) in [4.78, 5) is 39.0. The van der Waals surface area contributed by atoms with E-state index in [-0.39, 0.29) is 18.3 Å². The molecule has 3 aromatic rings. The Balaban J connectivity index is 1.86. The standard InChI is InChI=1S/C22H20Br2N2O5/c1-4-30-22(29)21(28)26-12-7-16(23)20(17(24)8-12)31-13-5-6-18-14(9-13)15(10-25-18)19(27)11(2)3/h5-11,25H,4H2,1-3H3,(H,26,28). The van der Waals surface area contributed by atoms with Gasteiger partial charge in [-0.3, -0.25) is 9.59 Å². The van der Waals surface area contributed by atoms with E-state index >= 15 is 0 Å². The molecule has 0 radical (unpaired) electrons. The van der Waals surface area contributed by atoms with E-state index in [0.717, 1.165) is 10.9 Å². The summed E-state index contributed by atoms with van der Waals surface area (Å²) in [6, 6.07) is 8.66. The second-order valence-corrected chi connectivity index (χ2v) is 8.68. The van der Waals surface area contributed by atoms with Crippen LogP contribution in [-0.4, -0.2) is 29.3 Å². The first-order valence-electron chi connectivity index (χ1n) is 9.51. The molecule has 0 unspecified atom stereocenters. The zero-order chi connectivity index (χ0) is 22.7. The molecule has 2 aromatic carbocycles. The third kappa shape index (κ3) is 5.16. The summed E-state index contributed by atoms with van der Waals surface area (Å²) in [5.41, 5.74) is 1.84. The van der Waals surface area contributed by atoms with Crippen LogP contribution in [0.1, 0.15) is 31.1 Å². The first-order valence-corrected chi connectivity index (χ1v) is 11.1. The average Bonchev–Trinajstić information content (AvgIpc) is 3.13. The number of ether oxygens (including phenoxy) is 2. The Labute approximate surface area is 195 Å². The lowest BCUT2D eigenvalue weighted by molar-refractivity contribution is -0.152. The Bertz CT molecular complexity index is 1150. The number of amides is 1. The molecule has 0 spiro atoms. The fourth-order valence-corrected chi connectivity index (χ4v) is 4.25. The largest absolute Gasteiger partial charge is 0.459 e. The van der Waals surface area contributed by atoms with Gasteiger partial charge >= 0.3 is 11.9 Å². The van der Waals surface area contributed by atoms with E-state index in [1.165, 1.54) is 0 Å². The molecule has 0 saturated heterocycles. The molecule has 0 aliphatic rings. The van der Waals surface area contributed by atoms with E-state index < -0.39 is 11.9 Å². The minimum absolute atomic E-state index is 0.0486. The van der Waals surface area contributed by atoms with E-state index in [4.69, 9.17) is 4.74 Å². The van der Waals surface area contributed by atoms with Crippen LogP contribution in [-0.2, 0) is 14.3 Å². The van der Waals surface area contributed by atoms with Crippen LogP contribution in [0.4, 0.5) is 5.69 Å². The molecule has 1 amide bonds. The Hall–Kier alpha value is -2.65. The maximum atomic E-state index is 12.5. The van der Waals surface area contributed by atoms with Crippen LogP contribution < -0.4 is 10.1 Å². The number of carbonyl (C=O) groups excluding carboxylic acids is 3. The maximum absolute atomic E-state index is 12.5. The monoisotopic (exact) mass is 550 g/mol. The van der Waals surface area contributed by atoms with Gasteiger partial charge in [-0.1, -0.05) is 13.8 Å². The number of nitrogens with one attached hydrogen (secondary N) is 2. The smallest absolute Gasteiger partial charge is 0.397 e. The molecule has 0 aliphatic carbocycles. The fourth-order valence-electron chi connectivity index (χ4n) is 2.90. The number of H-pyrrole nitrogens is 1. The van der Waals surface area contributed by atoms with Gasteiger partial charge in [-0.05, 0) is 69.1 Å². The van der Waals surface area contributed by atoms with Gasteiger partial charge in [0.25, 0.3) is 0 Å². The van der Waals surface area contributed by atoms with Crippen molar-refractivity contribution in [2.24, 2.45) is 5.92 Å². The van der Waals surface area contributed by atoms with Crippen LogP contribution in [0.2, 0.25) is 0 Å². The van der Waals surface area contributed by atoms with Gasteiger partial charge in [-0.2, -0.15) is 0 Å². The molecule has 1 heterocycles. The van der Waals surface area contributed by atoms with Crippen molar-refractivity contribution >= 4 is 66.1 Å². The van der Waals surface area contributed by atoms with Crippen molar-refractivity contribution in [3.8, 4) is 11.5 Å². The highest BCUT2D eigenvalue weighted by Gasteiger charge is 2.19. The van der Waals surface area contributed by atoms with Crippen LogP contribution in [0.3, 0.4) is 0 Å². The van der Waals surface area contributed by atoms with Gasteiger partial charge in [-0.15, -0.1) is 0 Å². The second-order valence-electron chi connectivity index (χ2n) is 6.97. The molecule has 0 atom stereocenters. The predicted molar refractivity (Wildman–Crippen MR) is 125 cm³/mol. The van der Waals surface area contributed by atoms with Gasteiger partial charge in [0.1, 0.15) is 5.75 Å². The Morgan fingerprint density at radius 2 is 1.77 bits per heavy atom. The number of hydrogen-bond donors (Lipinski definition) is 2. The number of aromatic amines is 1. The first-order chi connectivity index (χ1) is 14.7. The maximum Gasteiger partial charge on any atom is 0.397 e. The molecular weight excluding hydrogens is 532 g/mol. The molecule has 7 nitrogen and oxygen atoms in total. The van der Waals surface area contributed by atoms with E-state index in [1.54, 1.807) is 37.4 Å². The normalized spacial score (nSPS) is 10.9. The van der Waals surface area contributed by atoms with Crippen molar-refractivity contribution in [3.63, 3.8) is 0 Å². The van der Waals surface area contributed by atoms with Crippen LogP contribution in [0.25, 0.3) is 10.9 Å². The highest BCUT2D eigenvalue weighted by atomic mass is 79.9. The molecule has 0 bridgehead atoms. The lowest BCUT2D eigenvalue weighted by Crippen LogP contribution is -2.25. The number of carbonyl (C=O) groups is 3. The summed E-state index contributed by atoms with van der Waals surface area (Å²) >= 11 is 6.86. The van der Waals surface area contributed by atoms with Gasteiger partial charge in [-0.25, -0.2) is 4.79 Å². The van der Waals surface area contributed by atoms with Gasteiger partial charge in [0.2, 0.25) is 0 Å². The number of hydrogen-bond acceptors (Lipinski definition) is 5. The van der Waals surface area contributed by atoms with E-state index in [9.17, 15) is 14.4 Å². The lowest BCUT2D eigenvalue weighted by atomic mass is 10.0. The first kappa shape index (κ1) is 23.0. The molecule has 0 aliphatic heterocycles. The highest BCUT2D eigenvalue weighted by molar-refractivity contribution is 9.11. The van der Waals surface area contributed by atoms with E-state index in [0.29, 0.717) is 31.7 Å². The van der Waals surface area contributed by atoms with Crippen LogP contribution in [0.5, 0.6) is 11.5 Å². The summed E-state index contributed by atoms with van der Waals surface area (Å²) < 4.78 is 11.8. The van der Waals surface area contributed by atoms with Gasteiger partial charge in [0.15, 0.2) is 11.5 Å². The second kappa shape index (κ2) is 9.65. The SMILES string of the molecule is CCOC(=O)C(=O)Nc1cc(Br)c(Oc2ccc3[nH]cc(C(=O)C(C)C)c3c2)c(Br)c1. The molecule has 3 rings (SSSR count). The molecule has 31 heavy (non-hydrogen) atoms. The van der Waals surface area contributed by atoms with Crippen molar-refractivity contribution in [2.45, 2.75) is 20.8 Å². The van der Waals surface area contributed by atoms with Crippen molar-refractivity contribution in [1.29, 1.82) is 0 Å². The summed E-state index contributed by atoms with van der Waals surface area (Å²) in [5, 5.41) is 3.26. The highest BCUT2D eigenvalue weighted by Crippen LogP contribution is 2.40. The number of Topliss-reactive ketones (excluding diaryl/α,β-unsaturated/α-hetero) is 1. The quantitative estimate of drug-likeness (QED) is 0.228. The third-order valence-electron chi connectivity index (χ3n) is 4.38. The van der Waals surface area contributed by atoms with Crippen molar-refractivity contribution in [3.05, 3.63) is 51.0 Å². The topological polar surface area (TPSA) is 97.5 Å². The van der Waals surface area contributed by atoms with Crippen molar-refractivity contribution < 1.29 is 23.9 Å². The zero-order valence-corrected chi connectivity index (χ0v) is 20.2. The van der Waals surface area contributed by atoms with Gasteiger partial charge in [0, 0.05) is 34.3 Å². The number of anilines is 1. The summed E-state index contributed by atoms with van der Waals surface area (Å²) in [5.74, 6) is -0.886. The minimum atomic E-state index is -0.957. The minimum Gasteiger partial charge on any atom is -0.459 e. The number of benzene rings is 2. The predicted octanol–water partition coefficient (Wildman–Crippen LogP) is 5.83. The molecule has 1 aromatic heterocycles. The number of ketones is 1. The lowest BCUT2D eigenvalue weighted by Gasteiger charge is -2.13. The average molecular weight is 552 g/mol. The molecule has 2 N–H and O–H groups in total. The number of esters is 1. The Morgan fingerprint density at radius 1 is 1.10 bits per heavy atom. The van der Waals surface area contributed by atoms with E-state index in [1.807, 2.05) is 19.9 Å². The van der Waals surface area contributed by atoms with Gasteiger partial charge < -0.3 is 19.8 Å². The number of aromatic nitrogens is 1. The summed E-state index contributed by atoms with van der Waals surface area (Å²) in [6.07, 6.45) is 1.71. The summed E-state index contributed by atoms with van der Waals surface area (Å²) in [7, 11) is 0. The zero-order valence-electron chi connectivity index (χ0n) is 17.0. The molecular formula is C22H20Br2N2O5. The third-order valence-corrected chi connectivity index (χ3v) is 5.56.